The zero-order chi connectivity index (χ0) is 23.2. The SMILES string of the molecule is CCC(CC(=O)OC(CCOc1ccc(SC)cc1)CC(C)=O)OC(=O)CC(C)OC. The second kappa shape index (κ2) is 14.9. The number of methoxy groups -OCH3 is 1. The number of Topliss-reactive ketones (excluding diaryl/α,β-unsaturated/α-hetero) is 1. The van der Waals surface area contributed by atoms with E-state index in [9.17, 15) is 14.4 Å². The molecule has 3 atom stereocenters. The van der Waals surface area contributed by atoms with Crippen molar-refractivity contribution in [1.82, 2.24) is 0 Å². The first kappa shape index (κ1) is 27.0. The summed E-state index contributed by atoms with van der Waals surface area (Å²) in [4.78, 5) is 37.0. The molecule has 0 amide bonds. The van der Waals surface area contributed by atoms with E-state index in [1.807, 2.05) is 37.4 Å². The number of carbonyl (C=O) groups excluding carboxylic acids is 3. The van der Waals surface area contributed by atoms with Crippen molar-refractivity contribution in [3.05, 3.63) is 24.3 Å². The number of carbonyl (C=O) groups is 3. The molecule has 1 aromatic rings. The van der Waals surface area contributed by atoms with Crippen molar-refractivity contribution in [2.24, 2.45) is 0 Å². The molecule has 0 bridgehead atoms. The predicted octanol–water partition coefficient (Wildman–Crippen LogP) is 4.21. The van der Waals surface area contributed by atoms with Crippen LogP contribution in [0.5, 0.6) is 5.75 Å². The van der Waals surface area contributed by atoms with Gasteiger partial charge in [-0.3, -0.25) is 14.4 Å². The summed E-state index contributed by atoms with van der Waals surface area (Å²) < 4.78 is 21.6. The maximum Gasteiger partial charge on any atom is 0.309 e. The minimum absolute atomic E-state index is 0.0605. The molecule has 174 valence electrons. The van der Waals surface area contributed by atoms with Gasteiger partial charge in [0.25, 0.3) is 0 Å². The van der Waals surface area contributed by atoms with Gasteiger partial charge in [-0.2, -0.15) is 0 Å². The molecule has 0 saturated heterocycles. The Labute approximate surface area is 189 Å². The van der Waals surface area contributed by atoms with Gasteiger partial charge < -0.3 is 18.9 Å². The van der Waals surface area contributed by atoms with Crippen LogP contribution in [0.3, 0.4) is 0 Å². The Bertz CT molecular complexity index is 690. The van der Waals surface area contributed by atoms with Gasteiger partial charge in [-0.1, -0.05) is 6.92 Å². The molecule has 0 aliphatic rings. The summed E-state index contributed by atoms with van der Waals surface area (Å²) in [5.41, 5.74) is 0. The molecule has 0 aromatic heterocycles. The molecule has 0 heterocycles. The Morgan fingerprint density at radius 2 is 1.58 bits per heavy atom. The van der Waals surface area contributed by atoms with E-state index in [1.165, 1.54) is 14.0 Å². The van der Waals surface area contributed by atoms with Crippen LogP contribution in [0.15, 0.2) is 29.2 Å². The standard InChI is InChI=1S/C23H34O7S/c1-6-18(29-22(25)14-17(3)27-4)15-23(26)30-20(13-16(2)24)11-12-28-19-7-9-21(31-5)10-8-19/h7-10,17-18,20H,6,11-15H2,1-5H3. The van der Waals surface area contributed by atoms with E-state index >= 15 is 0 Å². The highest BCUT2D eigenvalue weighted by Gasteiger charge is 2.22. The second-order valence-corrected chi connectivity index (χ2v) is 8.19. The maximum atomic E-state index is 12.4. The molecule has 0 spiro atoms. The molecule has 7 nitrogen and oxygen atoms in total. The van der Waals surface area contributed by atoms with Gasteiger partial charge in [-0.05, 0) is 50.8 Å². The van der Waals surface area contributed by atoms with Crippen LogP contribution in [0.1, 0.15) is 52.9 Å². The van der Waals surface area contributed by atoms with Gasteiger partial charge in [0.1, 0.15) is 23.7 Å². The van der Waals surface area contributed by atoms with E-state index in [0.29, 0.717) is 25.2 Å². The second-order valence-electron chi connectivity index (χ2n) is 7.31. The van der Waals surface area contributed by atoms with Crippen LogP contribution in [-0.4, -0.2) is 56.0 Å². The molecule has 8 heteroatoms. The lowest BCUT2D eigenvalue weighted by molar-refractivity contribution is -0.159. The monoisotopic (exact) mass is 454 g/mol. The van der Waals surface area contributed by atoms with Crippen LogP contribution in [-0.2, 0) is 28.6 Å². The van der Waals surface area contributed by atoms with Gasteiger partial charge in [0, 0.05) is 24.8 Å². The van der Waals surface area contributed by atoms with E-state index in [0.717, 1.165) is 4.90 Å². The zero-order valence-electron chi connectivity index (χ0n) is 19.1. The number of rotatable bonds is 15. The highest BCUT2D eigenvalue weighted by molar-refractivity contribution is 7.98. The average Bonchev–Trinajstić information content (AvgIpc) is 2.72. The Balaban J connectivity index is 2.53. The van der Waals surface area contributed by atoms with Gasteiger partial charge in [-0.15, -0.1) is 11.8 Å². The molecule has 0 radical (unpaired) electrons. The van der Waals surface area contributed by atoms with Gasteiger partial charge >= 0.3 is 11.9 Å². The summed E-state index contributed by atoms with van der Waals surface area (Å²) in [6.45, 7) is 5.36. The maximum absolute atomic E-state index is 12.4. The van der Waals surface area contributed by atoms with E-state index in [4.69, 9.17) is 18.9 Å². The fourth-order valence-corrected chi connectivity index (χ4v) is 3.15. The lowest BCUT2D eigenvalue weighted by Gasteiger charge is -2.20. The van der Waals surface area contributed by atoms with Crippen LogP contribution < -0.4 is 4.74 Å². The quantitative estimate of drug-likeness (QED) is 0.288. The molecule has 0 N–H and O–H groups in total. The third-order valence-corrected chi connectivity index (χ3v) is 5.33. The predicted molar refractivity (Wildman–Crippen MR) is 119 cm³/mol. The zero-order valence-corrected chi connectivity index (χ0v) is 19.9. The molecule has 0 fully saturated rings. The fraction of sp³-hybridized carbons (Fsp3) is 0.609. The highest BCUT2D eigenvalue weighted by Crippen LogP contribution is 2.19. The summed E-state index contributed by atoms with van der Waals surface area (Å²) >= 11 is 1.65. The summed E-state index contributed by atoms with van der Waals surface area (Å²) in [6.07, 6.45) is 1.62. The van der Waals surface area contributed by atoms with Crippen molar-refractivity contribution in [2.45, 2.75) is 76.1 Å². The first-order valence-electron chi connectivity index (χ1n) is 10.4. The van der Waals surface area contributed by atoms with E-state index in [-0.39, 0.29) is 31.1 Å². The third-order valence-electron chi connectivity index (χ3n) is 4.59. The summed E-state index contributed by atoms with van der Waals surface area (Å²) in [5.74, 6) is -0.284. The smallest absolute Gasteiger partial charge is 0.309 e. The largest absolute Gasteiger partial charge is 0.493 e. The van der Waals surface area contributed by atoms with Gasteiger partial charge in [0.15, 0.2) is 0 Å². The number of ketones is 1. The van der Waals surface area contributed by atoms with Gasteiger partial charge in [0.2, 0.25) is 0 Å². The van der Waals surface area contributed by atoms with Crippen LogP contribution in [0.2, 0.25) is 0 Å². The Morgan fingerprint density at radius 3 is 2.13 bits per heavy atom. The van der Waals surface area contributed by atoms with Gasteiger partial charge in [0.05, 0.1) is 25.6 Å². The van der Waals surface area contributed by atoms with Crippen molar-refractivity contribution in [2.75, 3.05) is 20.0 Å². The van der Waals surface area contributed by atoms with Crippen LogP contribution in [0.25, 0.3) is 0 Å². The van der Waals surface area contributed by atoms with Gasteiger partial charge in [-0.25, -0.2) is 0 Å². The first-order valence-corrected chi connectivity index (χ1v) is 11.7. The Morgan fingerprint density at radius 1 is 0.968 bits per heavy atom. The summed E-state index contributed by atoms with van der Waals surface area (Å²) in [6, 6.07) is 7.68. The summed E-state index contributed by atoms with van der Waals surface area (Å²) in [7, 11) is 1.52. The van der Waals surface area contributed by atoms with Crippen molar-refractivity contribution in [3.63, 3.8) is 0 Å². The highest BCUT2D eigenvalue weighted by atomic mass is 32.2. The normalized spacial score (nSPS) is 13.7. The van der Waals surface area contributed by atoms with Crippen LogP contribution in [0.4, 0.5) is 0 Å². The lowest BCUT2D eigenvalue weighted by Crippen LogP contribution is -2.28. The number of ether oxygens (including phenoxy) is 4. The fourth-order valence-electron chi connectivity index (χ4n) is 2.74. The minimum atomic E-state index is -0.586. The molecule has 0 aliphatic heterocycles. The molecule has 0 saturated carbocycles. The average molecular weight is 455 g/mol. The number of thioether (sulfide) groups is 1. The lowest BCUT2D eigenvalue weighted by atomic mass is 10.1. The van der Waals surface area contributed by atoms with Crippen LogP contribution in [0, 0.1) is 0 Å². The van der Waals surface area contributed by atoms with Crippen molar-refractivity contribution in [3.8, 4) is 5.75 Å². The Hall–Kier alpha value is -2.06. The number of esters is 2. The van der Waals surface area contributed by atoms with Crippen molar-refractivity contribution >= 4 is 29.5 Å². The molecule has 3 unspecified atom stereocenters. The van der Waals surface area contributed by atoms with E-state index in [1.54, 1.807) is 18.7 Å². The van der Waals surface area contributed by atoms with E-state index < -0.39 is 24.1 Å². The number of hydrogen-bond donors (Lipinski definition) is 0. The molecular weight excluding hydrogens is 420 g/mol. The molecule has 31 heavy (non-hydrogen) atoms. The van der Waals surface area contributed by atoms with E-state index in [2.05, 4.69) is 0 Å². The summed E-state index contributed by atoms with van der Waals surface area (Å²) in [5, 5.41) is 0. The Kier molecular flexibility index (Phi) is 12.9. The van der Waals surface area contributed by atoms with Crippen molar-refractivity contribution in [1.29, 1.82) is 0 Å². The molecular formula is C23H34O7S. The van der Waals surface area contributed by atoms with Crippen LogP contribution >= 0.6 is 11.8 Å². The van der Waals surface area contributed by atoms with Crippen molar-refractivity contribution < 1.29 is 33.3 Å². The minimum Gasteiger partial charge on any atom is -0.493 e. The first-order chi connectivity index (χ1) is 14.8. The topological polar surface area (TPSA) is 88.1 Å². The molecule has 1 rings (SSSR count). The number of benzene rings is 1. The number of hydrogen-bond acceptors (Lipinski definition) is 8. The third kappa shape index (κ3) is 11.8. The molecule has 0 aliphatic carbocycles. The molecule has 1 aromatic carbocycles.